The molecule has 2 N–H and O–H groups in total. The Morgan fingerprint density at radius 1 is 1.07 bits per heavy atom. The van der Waals surface area contributed by atoms with Crippen LogP contribution in [0.25, 0.3) is 0 Å². The summed E-state index contributed by atoms with van der Waals surface area (Å²) >= 11 is 1.58. The number of benzene rings is 1. The minimum absolute atomic E-state index is 0.0705. The van der Waals surface area contributed by atoms with Gasteiger partial charge in [-0.1, -0.05) is 6.07 Å². The summed E-state index contributed by atoms with van der Waals surface area (Å²) in [5.74, 6) is -2.65. The minimum Gasteiger partial charge on any atom is -0.382 e. The molecule has 1 saturated heterocycles. The van der Waals surface area contributed by atoms with Crippen LogP contribution in [0, 0.1) is 11.6 Å². The van der Waals surface area contributed by atoms with Crippen molar-refractivity contribution in [1.29, 1.82) is 0 Å². The number of amides is 1. The molecule has 2 atom stereocenters. The third-order valence-corrected chi connectivity index (χ3v) is 6.09. The summed E-state index contributed by atoms with van der Waals surface area (Å²) in [7, 11) is 0. The number of rotatable bonds is 8. The number of anilines is 1. The smallest absolute Gasteiger partial charge is 0.254 e. The van der Waals surface area contributed by atoms with Gasteiger partial charge in [-0.25, -0.2) is 8.78 Å². The van der Waals surface area contributed by atoms with Crippen LogP contribution in [-0.2, 0) is 16.0 Å². The van der Waals surface area contributed by atoms with Crippen LogP contribution in [0.1, 0.15) is 17.7 Å². The summed E-state index contributed by atoms with van der Waals surface area (Å²) in [5, 5.41) is 22.2. The number of thiophene rings is 1. The van der Waals surface area contributed by atoms with Crippen molar-refractivity contribution in [3.05, 3.63) is 52.2 Å². The number of carbonyl (C=O) groups is 2. The molecule has 0 spiro atoms. The van der Waals surface area contributed by atoms with Crippen molar-refractivity contribution in [3.8, 4) is 0 Å². The molecule has 1 aliphatic heterocycles. The molecule has 0 unspecified atom stereocenters. The third kappa shape index (κ3) is 5.41. The first kappa shape index (κ1) is 22.3. The van der Waals surface area contributed by atoms with Gasteiger partial charge in [-0.05, 0) is 36.4 Å². The lowest BCUT2D eigenvalue weighted by Crippen LogP contribution is -2.54. The van der Waals surface area contributed by atoms with E-state index in [-0.39, 0.29) is 38.3 Å². The molecular formula is C21H24F2N2O4S. The molecule has 1 amide bonds. The number of ketones is 1. The van der Waals surface area contributed by atoms with E-state index in [0.29, 0.717) is 12.8 Å². The number of nitrogens with zero attached hydrogens (tertiary/aromatic N) is 2. The zero-order chi connectivity index (χ0) is 21.7. The van der Waals surface area contributed by atoms with E-state index in [9.17, 15) is 28.6 Å². The third-order valence-electron chi connectivity index (χ3n) is 5.15. The van der Waals surface area contributed by atoms with Crippen LogP contribution in [0.5, 0.6) is 0 Å². The number of aryl methyl sites for hydroxylation is 1. The number of hydrogen-bond donors (Lipinski definition) is 2. The first-order valence-electron chi connectivity index (χ1n) is 9.77. The van der Waals surface area contributed by atoms with Gasteiger partial charge in [0, 0.05) is 43.5 Å². The van der Waals surface area contributed by atoms with Gasteiger partial charge in [0.05, 0.1) is 5.69 Å². The van der Waals surface area contributed by atoms with Gasteiger partial charge < -0.3 is 20.0 Å². The van der Waals surface area contributed by atoms with Gasteiger partial charge >= 0.3 is 0 Å². The molecule has 2 aromatic rings. The average Bonchev–Trinajstić information content (AvgIpc) is 3.26. The van der Waals surface area contributed by atoms with Crippen molar-refractivity contribution in [2.75, 3.05) is 31.1 Å². The van der Waals surface area contributed by atoms with E-state index in [1.165, 1.54) is 17.0 Å². The molecule has 0 aliphatic carbocycles. The Labute approximate surface area is 177 Å². The number of piperazine rings is 1. The Morgan fingerprint density at radius 2 is 1.80 bits per heavy atom. The van der Waals surface area contributed by atoms with Crippen molar-refractivity contribution in [2.45, 2.75) is 31.5 Å². The van der Waals surface area contributed by atoms with Crippen molar-refractivity contribution in [1.82, 2.24) is 4.90 Å². The molecule has 3 rings (SSSR count). The van der Waals surface area contributed by atoms with Gasteiger partial charge in [0.25, 0.3) is 5.91 Å². The number of Topliss-reactive ketones (excluding diaryl/α,β-unsaturated/α-hetero) is 1. The molecule has 1 aromatic carbocycles. The molecule has 1 fully saturated rings. The standard InChI is InChI=1S/C21H24F2N2O4S/c22-14-6-7-17(16(23)13-14)24-8-10-25(11-9-24)21(29)20(28)19(27)18(26)5-1-3-15-4-2-12-30-15/h2,4,6-7,12-13,19-20,27-28H,1,3,5,8-11H2/t19-,20+/m0/s1. The maximum atomic E-state index is 13.9. The second kappa shape index (κ2) is 10.1. The number of aliphatic hydroxyl groups excluding tert-OH is 2. The summed E-state index contributed by atoms with van der Waals surface area (Å²) in [4.78, 5) is 28.8. The fourth-order valence-electron chi connectivity index (χ4n) is 3.44. The molecule has 1 aliphatic rings. The molecule has 0 bridgehead atoms. The van der Waals surface area contributed by atoms with E-state index in [4.69, 9.17) is 0 Å². The number of aliphatic hydroxyl groups is 2. The largest absolute Gasteiger partial charge is 0.382 e. The van der Waals surface area contributed by atoms with Gasteiger partial charge in [-0.15, -0.1) is 11.3 Å². The van der Waals surface area contributed by atoms with Crippen molar-refractivity contribution in [2.24, 2.45) is 0 Å². The maximum Gasteiger partial charge on any atom is 0.254 e. The zero-order valence-corrected chi connectivity index (χ0v) is 17.2. The van der Waals surface area contributed by atoms with Crippen LogP contribution >= 0.6 is 11.3 Å². The van der Waals surface area contributed by atoms with Crippen LogP contribution in [0.2, 0.25) is 0 Å². The molecular weight excluding hydrogens is 414 g/mol. The van der Waals surface area contributed by atoms with E-state index in [1.807, 2.05) is 17.5 Å². The summed E-state index contributed by atoms with van der Waals surface area (Å²) in [6.45, 7) is 0.940. The molecule has 162 valence electrons. The van der Waals surface area contributed by atoms with Crippen LogP contribution in [0.3, 0.4) is 0 Å². The maximum absolute atomic E-state index is 13.9. The van der Waals surface area contributed by atoms with Crippen LogP contribution in [0.15, 0.2) is 35.7 Å². The van der Waals surface area contributed by atoms with E-state index >= 15 is 0 Å². The average molecular weight is 438 g/mol. The summed E-state index contributed by atoms with van der Waals surface area (Å²) < 4.78 is 27.0. The SMILES string of the molecule is O=C(CCCc1cccs1)[C@H](O)[C@@H](O)C(=O)N1CCN(c2ccc(F)cc2F)CC1. The monoisotopic (exact) mass is 438 g/mol. The first-order chi connectivity index (χ1) is 14.4. The molecule has 0 radical (unpaired) electrons. The first-order valence-corrected chi connectivity index (χ1v) is 10.6. The second-order valence-corrected chi connectivity index (χ2v) is 8.23. The zero-order valence-electron chi connectivity index (χ0n) is 16.3. The van der Waals surface area contributed by atoms with E-state index < -0.39 is 35.5 Å². The van der Waals surface area contributed by atoms with E-state index in [0.717, 1.165) is 10.9 Å². The minimum atomic E-state index is -1.83. The van der Waals surface area contributed by atoms with Crippen molar-refractivity contribution >= 4 is 28.7 Å². The molecule has 0 saturated carbocycles. The lowest BCUT2D eigenvalue weighted by atomic mass is 10.0. The summed E-state index contributed by atoms with van der Waals surface area (Å²) in [5.41, 5.74) is 0.241. The van der Waals surface area contributed by atoms with Crippen LogP contribution < -0.4 is 4.90 Å². The quantitative estimate of drug-likeness (QED) is 0.659. The van der Waals surface area contributed by atoms with Gasteiger partial charge in [-0.3, -0.25) is 9.59 Å². The Balaban J connectivity index is 1.47. The highest BCUT2D eigenvalue weighted by atomic mass is 32.1. The topological polar surface area (TPSA) is 81.1 Å². The highest BCUT2D eigenvalue weighted by Crippen LogP contribution is 2.22. The fraction of sp³-hybridized carbons (Fsp3) is 0.429. The molecule has 30 heavy (non-hydrogen) atoms. The van der Waals surface area contributed by atoms with Crippen LogP contribution in [-0.4, -0.2) is 65.2 Å². The normalized spacial score (nSPS) is 16.4. The van der Waals surface area contributed by atoms with Gasteiger partial charge in [-0.2, -0.15) is 0 Å². The Bertz CT molecular complexity index is 870. The summed E-state index contributed by atoms with van der Waals surface area (Å²) in [6, 6.07) is 7.19. The molecule has 1 aromatic heterocycles. The van der Waals surface area contributed by atoms with Crippen LogP contribution in [0.4, 0.5) is 14.5 Å². The number of carbonyl (C=O) groups excluding carboxylic acids is 2. The number of halogens is 2. The number of hydrogen-bond acceptors (Lipinski definition) is 6. The molecule has 6 nitrogen and oxygen atoms in total. The summed E-state index contributed by atoms with van der Waals surface area (Å²) in [6.07, 6.45) is -2.30. The van der Waals surface area contributed by atoms with E-state index in [2.05, 4.69) is 0 Å². The molecule has 9 heteroatoms. The Morgan fingerprint density at radius 3 is 2.43 bits per heavy atom. The van der Waals surface area contributed by atoms with Gasteiger partial charge in [0.15, 0.2) is 11.9 Å². The predicted octanol–water partition coefficient (Wildman–Crippen LogP) is 1.99. The van der Waals surface area contributed by atoms with E-state index in [1.54, 1.807) is 16.2 Å². The fourth-order valence-corrected chi connectivity index (χ4v) is 4.19. The Hall–Kier alpha value is -2.36. The lowest BCUT2D eigenvalue weighted by molar-refractivity contribution is -0.152. The second-order valence-electron chi connectivity index (χ2n) is 7.20. The lowest BCUT2D eigenvalue weighted by Gasteiger charge is -2.37. The highest BCUT2D eigenvalue weighted by Gasteiger charge is 2.34. The van der Waals surface area contributed by atoms with Gasteiger partial charge in [0.1, 0.15) is 17.7 Å². The molecule has 2 heterocycles. The van der Waals surface area contributed by atoms with Gasteiger partial charge in [0.2, 0.25) is 0 Å². The highest BCUT2D eigenvalue weighted by molar-refractivity contribution is 7.09. The Kier molecular flexibility index (Phi) is 7.52. The predicted molar refractivity (Wildman–Crippen MR) is 109 cm³/mol. The van der Waals surface area contributed by atoms with Crippen molar-refractivity contribution in [3.63, 3.8) is 0 Å². The van der Waals surface area contributed by atoms with Crippen molar-refractivity contribution < 1.29 is 28.6 Å².